The van der Waals surface area contributed by atoms with E-state index in [1.807, 2.05) is 0 Å². The second kappa shape index (κ2) is 8.14. The normalized spacial score (nSPS) is 15.4. The highest BCUT2D eigenvalue weighted by molar-refractivity contribution is 7.89. The fourth-order valence-corrected chi connectivity index (χ4v) is 4.67. The van der Waals surface area contributed by atoms with Crippen LogP contribution in [-0.2, 0) is 10.0 Å². The summed E-state index contributed by atoms with van der Waals surface area (Å²) in [5.41, 5.74) is 1.38. The molecule has 3 aromatic rings. The number of carbonyl (C=O) groups excluding carboxylic acids is 1. The molecule has 0 atom stereocenters. The zero-order valence-electron chi connectivity index (χ0n) is 15.7. The number of hydrogen-bond acceptors (Lipinski definition) is 5. The Kier molecular flexibility index (Phi) is 5.41. The standard InChI is InChI=1S/C20H21N5O3S/c26-20(16-6-11-21-12-7-16)24-14-8-17(9-15-24)23-29(27,28)19-4-2-18(3-5-19)25-13-1-10-22-25/h1-7,10-13,17,23H,8-9,14-15H2. The van der Waals surface area contributed by atoms with Crippen molar-refractivity contribution in [2.24, 2.45) is 0 Å². The van der Waals surface area contributed by atoms with Gasteiger partial charge in [0, 0.05) is 49.5 Å². The Balaban J connectivity index is 1.36. The van der Waals surface area contributed by atoms with Gasteiger partial charge in [0.15, 0.2) is 0 Å². The molecule has 1 aromatic carbocycles. The predicted octanol–water partition coefficient (Wildman–Crippen LogP) is 1.85. The molecule has 4 rings (SSSR count). The van der Waals surface area contributed by atoms with Gasteiger partial charge in [0.1, 0.15) is 0 Å². The van der Waals surface area contributed by atoms with E-state index in [0.29, 0.717) is 31.5 Å². The zero-order valence-corrected chi connectivity index (χ0v) is 16.5. The average Bonchev–Trinajstić information content (AvgIpc) is 3.29. The van der Waals surface area contributed by atoms with E-state index in [9.17, 15) is 13.2 Å². The van der Waals surface area contributed by atoms with E-state index in [4.69, 9.17) is 0 Å². The van der Waals surface area contributed by atoms with Crippen LogP contribution in [0.1, 0.15) is 23.2 Å². The van der Waals surface area contributed by atoms with Gasteiger partial charge in [-0.3, -0.25) is 9.78 Å². The third kappa shape index (κ3) is 4.36. The van der Waals surface area contributed by atoms with Crippen LogP contribution in [0.4, 0.5) is 0 Å². The van der Waals surface area contributed by atoms with Crippen molar-refractivity contribution < 1.29 is 13.2 Å². The average molecular weight is 411 g/mol. The molecule has 0 bridgehead atoms. The summed E-state index contributed by atoms with van der Waals surface area (Å²) >= 11 is 0. The summed E-state index contributed by atoms with van der Waals surface area (Å²) in [5.74, 6) is -0.0529. The topological polar surface area (TPSA) is 97.2 Å². The molecule has 1 N–H and O–H groups in total. The van der Waals surface area contributed by atoms with Crippen LogP contribution in [0.15, 0.2) is 72.1 Å². The molecule has 3 heterocycles. The summed E-state index contributed by atoms with van der Waals surface area (Å²) in [5, 5.41) is 4.13. The number of nitrogens with one attached hydrogen (secondary N) is 1. The molecule has 9 heteroatoms. The van der Waals surface area contributed by atoms with Crippen LogP contribution in [0.2, 0.25) is 0 Å². The molecule has 1 aliphatic rings. The van der Waals surface area contributed by atoms with Crippen molar-refractivity contribution in [3.8, 4) is 5.69 Å². The molecular weight excluding hydrogens is 390 g/mol. The first-order valence-electron chi connectivity index (χ1n) is 9.35. The number of benzene rings is 1. The molecule has 8 nitrogen and oxygen atoms in total. The van der Waals surface area contributed by atoms with Crippen molar-refractivity contribution in [2.75, 3.05) is 13.1 Å². The van der Waals surface area contributed by atoms with Gasteiger partial charge in [-0.2, -0.15) is 5.10 Å². The molecule has 1 aliphatic heterocycles. The Morgan fingerprint density at radius 1 is 1.00 bits per heavy atom. The number of rotatable bonds is 5. The van der Waals surface area contributed by atoms with Gasteiger partial charge in [-0.25, -0.2) is 17.8 Å². The second-order valence-corrected chi connectivity index (χ2v) is 8.58. The molecule has 29 heavy (non-hydrogen) atoms. The maximum atomic E-state index is 12.7. The smallest absolute Gasteiger partial charge is 0.253 e. The van der Waals surface area contributed by atoms with E-state index in [1.165, 1.54) is 0 Å². The van der Waals surface area contributed by atoms with Gasteiger partial charge in [0.25, 0.3) is 5.91 Å². The molecule has 0 unspecified atom stereocenters. The van der Waals surface area contributed by atoms with E-state index in [0.717, 1.165) is 5.69 Å². The molecule has 2 aromatic heterocycles. The van der Waals surface area contributed by atoms with Gasteiger partial charge < -0.3 is 4.90 Å². The lowest BCUT2D eigenvalue weighted by Gasteiger charge is -2.32. The van der Waals surface area contributed by atoms with Crippen molar-refractivity contribution in [3.05, 3.63) is 72.8 Å². The lowest BCUT2D eigenvalue weighted by Crippen LogP contribution is -2.46. The Labute approximate surface area is 169 Å². The van der Waals surface area contributed by atoms with E-state index in [-0.39, 0.29) is 16.8 Å². The number of sulfonamides is 1. The lowest BCUT2D eigenvalue weighted by molar-refractivity contribution is 0.0711. The number of hydrogen-bond donors (Lipinski definition) is 1. The molecular formula is C20H21N5O3S. The fraction of sp³-hybridized carbons (Fsp3) is 0.250. The molecule has 150 valence electrons. The number of likely N-dealkylation sites (tertiary alicyclic amines) is 1. The Bertz CT molecular complexity index is 1060. The first kappa shape index (κ1) is 19.3. The zero-order chi connectivity index (χ0) is 20.3. The number of amides is 1. The lowest BCUT2D eigenvalue weighted by atomic mass is 10.1. The van der Waals surface area contributed by atoms with Gasteiger partial charge in [-0.05, 0) is 55.3 Å². The minimum Gasteiger partial charge on any atom is -0.339 e. The molecule has 1 amide bonds. The molecule has 1 saturated heterocycles. The van der Waals surface area contributed by atoms with E-state index < -0.39 is 10.0 Å². The molecule has 0 radical (unpaired) electrons. The van der Waals surface area contributed by atoms with Crippen LogP contribution >= 0.6 is 0 Å². The summed E-state index contributed by atoms with van der Waals surface area (Å²) in [6, 6.07) is 11.6. The third-order valence-electron chi connectivity index (χ3n) is 4.95. The van der Waals surface area contributed by atoms with Gasteiger partial charge in [-0.1, -0.05) is 0 Å². The van der Waals surface area contributed by atoms with E-state index in [2.05, 4.69) is 14.8 Å². The van der Waals surface area contributed by atoms with Crippen LogP contribution in [-0.4, -0.2) is 53.1 Å². The van der Waals surface area contributed by atoms with Gasteiger partial charge >= 0.3 is 0 Å². The largest absolute Gasteiger partial charge is 0.339 e. The number of piperidine rings is 1. The van der Waals surface area contributed by atoms with Crippen molar-refractivity contribution in [3.63, 3.8) is 0 Å². The van der Waals surface area contributed by atoms with E-state index >= 15 is 0 Å². The molecule has 1 fully saturated rings. The molecule has 0 spiro atoms. The number of nitrogens with zero attached hydrogens (tertiary/aromatic N) is 4. The van der Waals surface area contributed by atoms with Crippen molar-refractivity contribution in [1.82, 2.24) is 24.4 Å². The van der Waals surface area contributed by atoms with Gasteiger partial charge in [-0.15, -0.1) is 0 Å². The summed E-state index contributed by atoms with van der Waals surface area (Å²) < 4.78 is 29.9. The second-order valence-electron chi connectivity index (χ2n) is 6.87. The summed E-state index contributed by atoms with van der Waals surface area (Å²) in [6.07, 6.45) is 7.78. The Hall–Kier alpha value is -3.04. The fourth-order valence-electron chi connectivity index (χ4n) is 3.36. The molecule has 0 saturated carbocycles. The molecule has 0 aliphatic carbocycles. The number of aromatic nitrogens is 3. The number of pyridine rings is 1. The van der Waals surface area contributed by atoms with E-state index in [1.54, 1.807) is 76.8 Å². The van der Waals surface area contributed by atoms with Crippen LogP contribution in [0.5, 0.6) is 0 Å². The summed E-state index contributed by atoms with van der Waals surface area (Å²) in [7, 11) is -3.63. The Morgan fingerprint density at radius 3 is 2.31 bits per heavy atom. The minimum absolute atomic E-state index is 0.0529. The van der Waals surface area contributed by atoms with Gasteiger partial charge in [0.05, 0.1) is 10.6 Å². The SMILES string of the molecule is O=C(c1ccncc1)N1CCC(NS(=O)(=O)c2ccc(-n3cccn3)cc2)CC1. The van der Waals surface area contributed by atoms with Crippen LogP contribution in [0.3, 0.4) is 0 Å². The highest BCUT2D eigenvalue weighted by atomic mass is 32.2. The van der Waals surface area contributed by atoms with Crippen LogP contribution in [0, 0.1) is 0 Å². The van der Waals surface area contributed by atoms with Crippen molar-refractivity contribution in [2.45, 2.75) is 23.8 Å². The first-order chi connectivity index (χ1) is 14.0. The highest BCUT2D eigenvalue weighted by Crippen LogP contribution is 2.18. The van der Waals surface area contributed by atoms with Crippen LogP contribution in [0.25, 0.3) is 5.69 Å². The quantitative estimate of drug-likeness (QED) is 0.691. The van der Waals surface area contributed by atoms with Crippen LogP contribution < -0.4 is 4.72 Å². The van der Waals surface area contributed by atoms with Crippen molar-refractivity contribution in [1.29, 1.82) is 0 Å². The summed E-state index contributed by atoms with van der Waals surface area (Å²) in [6.45, 7) is 1.01. The maximum absolute atomic E-state index is 12.7. The van der Waals surface area contributed by atoms with Crippen molar-refractivity contribution >= 4 is 15.9 Å². The minimum atomic E-state index is -3.63. The highest BCUT2D eigenvalue weighted by Gasteiger charge is 2.27. The van der Waals surface area contributed by atoms with Gasteiger partial charge in [0.2, 0.25) is 10.0 Å². The Morgan fingerprint density at radius 2 is 1.69 bits per heavy atom. The number of carbonyl (C=O) groups is 1. The predicted molar refractivity (Wildman–Crippen MR) is 107 cm³/mol. The summed E-state index contributed by atoms with van der Waals surface area (Å²) in [4.78, 5) is 18.4. The third-order valence-corrected chi connectivity index (χ3v) is 6.48. The monoisotopic (exact) mass is 411 g/mol. The first-order valence-corrected chi connectivity index (χ1v) is 10.8. The maximum Gasteiger partial charge on any atom is 0.253 e.